The number of pyridine rings is 3. The second-order valence-corrected chi connectivity index (χ2v) is 16.9. The van der Waals surface area contributed by atoms with Crippen molar-refractivity contribution in [3.8, 4) is 90.4 Å². The molecule has 10 aromatic rings. The summed E-state index contributed by atoms with van der Waals surface area (Å²) >= 11 is 0. The van der Waals surface area contributed by atoms with Gasteiger partial charge in [-0.3, -0.25) is 15.0 Å². The Kier molecular flexibility index (Phi) is 12.6. The molecule has 0 unspecified atom stereocenters. The molecule has 10 rings (SSSR count). The molecule has 0 saturated carbocycles. The zero-order chi connectivity index (χ0) is 46.1. The van der Waals surface area contributed by atoms with E-state index in [9.17, 15) is 10.5 Å². The first-order valence-electron chi connectivity index (χ1n) is 22.9. The third kappa shape index (κ3) is 9.51. The van der Waals surface area contributed by atoms with Crippen molar-refractivity contribution in [2.24, 2.45) is 0 Å². The van der Waals surface area contributed by atoms with E-state index in [1.54, 1.807) is 12.4 Å². The van der Waals surface area contributed by atoms with E-state index >= 15 is 0 Å². The minimum Gasteiger partial charge on any atom is -0.256 e. The number of nitriles is 2. The Hall–Kier alpha value is -9.03. The molecule has 0 N–H and O–H groups in total. The molecule has 3 aromatic heterocycles. The summed E-state index contributed by atoms with van der Waals surface area (Å²) in [6.45, 7) is 0. The van der Waals surface area contributed by atoms with Crippen LogP contribution in [0.3, 0.4) is 0 Å². The van der Waals surface area contributed by atoms with Crippen LogP contribution < -0.4 is 0 Å². The lowest BCUT2D eigenvalue weighted by atomic mass is 9.86. The Morgan fingerprint density at radius 1 is 0.294 bits per heavy atom. The Morgan fingerprint density at radius 2 is 0.721 bits per heavy atom. The fourth-order valence-electron chi connectivity index (χ4n) is 9.10. The molecule has 68 heavy (non-hydrogen) atoms. The summed E-state index contributed by atoms with van der Waals surface area (Å²) in [6, 6.07) is 76.4. The highest BCUT2D eigenvalue weighted by atomic mass is 14.7. The van der Waals surface area contributed by atoms with Crippen LogP contribution in [0.15, 0.2) is 225 Å². The Balaban J connectivity index is 1.04. The number of hydrogen-bond acceptors (Lipinski definition) is 5. The van der Waals surface area contributed by atoms with Crippen molar-refractivity contribution in [2.75, 3.05) is 0 Å². The lowest BCUT2D eigenvalue weighted by molar-refractivity contribution is 0.928. The van der Waals surface area contributed by atoms with Gasteiger partial charge in [0.2, 0.25) is 0 Å². The van der Waals surface area contributed by atoms with Gasteiger partial charge in [-0.15, -0.1) is 0 Å². The molecule has 0 amide bonds. The van der Waals surface area contributed by atoms with Crippen molar-refractivity contribution in [2.45, 2.75) is 25.7 Å². The van der Waals surface area contributed by atoms with Crippen LogP contribution >= 0.6 is 0 Å². The Labute approximate surface area is 398 Å². The van der Waals surface area contributed by atoms with Crippen molar-refractivity contribution in [3.63, 3.8) is 0 Å². The minimum absolute atomic E-state index is 0.659. The molecule has 5 nitrogen and oxygen atoms in total. The molecule has 3 heterocycles. The molecule has 0 bridgehead atoms. The highest BCUT2D eigenvalue weighted by Gasteiger charge is 2.17. The SMILES string of the molecule is N#Cc1cc(-c2ccccn2)ccc1CCc1cc(CCc2ccc(-c3ccccn3)cc2C#N)cc(-c2ccccc2-c2ccc(-c3ccccn3)cc2-c2ccc(-c3ccccc3)cc2)c1. The molecular formula is C63H45N5. The summed E-state index contributed by atoms with van der Waals surface area (Å²) in [6.07, 6.45) is 8.26. The standard InChI is InChI=1S/C63H45N5/c64-42-55-39-51(61-16-6-9-33-66-61)29-25-48(55)21-19-44-36-45(20-22-49-26-30-52(40-56(49)43-65)62-17-7-10-34-67-62)38-54(37-44)57-14-4-5-15-58(57)59-32-31-53(63-18-8-11-35-68-63)41-60(59)50-27-23-47(24-28-50)46-12-2-1-3-13-46/h1-18,23-41H,19-22H2. The second-order valence-electron chi connectivity index (χ2n) is 16.9. The molecular weight excluding hydrogens is 827 g/mol. The average molecular weight is 872 g/mol. The first-order valence-corrected chi connectivity index (χ1v) is 22.9. The predicted octanol–water partition coefficient (Wildman–Crippen LogP) is 14.9. The van der Waals surface area contributed by atoms with Crippen LogP contribution in [0.25, 0.3) is 78.3 Å². The molecule has 0 aliphatic carbocycles. The summed E-state index contributed by atoms with van der Waals surface area (Å²) in [5.41, 5.74) is 20.3. The highest BCUT2D eigenvalue weighted by Crippen LogP contribution is 2.41. The summed E-state index contributed by atoms with van der Waals surface area (Å²) < 4.78 is 0. The molecule has 0 spiro atoms. The quantitative estimate of drug-likeness (QED) is 0.115. The lowest BCUT2D eigenvalue weighted by Crippen LogP contribution is -2.00. The molecule has 0 aliphatic heterocycles. The van der Waals surface area contributed by atoms with E-state index in [0.29, 0.717) is 24.0 Å². The van der Waals surface area contributed by atoms with Crippen molar-refractivity contribution in [3.05, 3.63) is 258 Å². The minimum atomic E-state index is 0.659. The topological polar surface area (TPSA) is 86.2 Å². The highest BCUT2D eigenvalue weighted by molar-refractivity contribution is 5.94. The van der Waals surface area contributed by atoms with Gasteiger partial charge in [0.15, 0.2) is 0 Å². The van der Waals surface area contributed by atoms with E-state index < -0.39 is 0 Å². The van der Waals surface area contributed by atoms with E-state index in [1.165, 1.54) is 22.3 Å². The summed E-state index contributed by atoms with van der Waals surface area (Å²) in [7, 11) is 0. The van der Waals surface area contributed by atoms with Gasteiger partial charge in [-0.25, -0.2) is 0 Å². The maximum Gasteiger partial charge on any atom is 0.0994 e. The fraction of sp³-hybridized carbons (Fsp3) is 0.0635. The van der Waals surface area contributed by atoms with Crippen LogP contribution in [0.2, 0.25) is 0 Å². The smallest absolute Gasteiger partial charge is 0.0994 e. The van der Waals surface area contributed by atoms with Crippen LogP contribution in [-0.2, 0) is 25.7 Å². The van der Waals surface area contributed by atoms with E-state index in [4.69, 9.17) is 4.98 Å². The predicted molar refractivity (Wildman–Crippen MR) is 275 cm³/mol. The van der Waals surface area contributed by atoms with Crippen LogP contribution in [0.4, 0.5) is 0 Å². The molecule has 0 aliphatic rings. The number of rotatable bonds is 13. The fourth-order valence-corrected chi connectivity index (χ4v) is 9.10. The summed E-state index contributed by atoms with van der Waals surface area (Å²) in [4.78, 5) is 13.8. The van der Waals surface area contributed by atoms with Gasteiger partial charge in [0.1, 0.15) is 0 Å². The maximum atomic E-state index is 10.3. The van der Waals surface area contributed by atoms with Crippen molar-refractivity contribution in [1.82, 2.24) is 15.0 Å². The van der Waals surface area contributed by atoms with E-state index in [1.807, 2.05) is 72.9 Å². The van der Waals surface area contributed by atoms with Gasteiger partial charge in [-0.05, 0) is 147 Å². The summed E-state index contributed by atoms with van der Waals surface area (Å²) in [5, 5.41) is 20.6. The number of nitrogens with zero attached hydrogens (tertiary/aromatic N) is 5. The third-order valence-corrected chi connectivity index (χ3v) is 12.6. The van der Waals surface area contributed by atoms with E-state index in [2.05, 4.69) is 162 Å². The van der Waals surface area contributed by atoms with Crippen LogP contribution in [0, 0.1) is 22.7 Å². The molecule has 0 fully saturated rings. The van der Waals surface area contributed by atoms with Gasteiger partial charge < -0.3 is 0 Å². The number of benzene rings is 7. The van der Waals surface area contributed by atoms with Crippen LogP contribution in [0.1, 0.15) is 33.4 Å². The first kappa shape index (κ1) is 42.9. The molecule has 0 saturated heterocycles. The van der Waals surface area contributed by atoms with Gasteiger partial charge in [0, 0.05) is 35.3 Å². The van der Waals surface area contributed by atoms with Gasteiger partial charge in [-0.2, -0.15) is 10.5 Å². The zero-order valence-corrected chi connectivity index (χ0v) is 37.4. The Morgan fingerprint density at radius 3 is 1.24 bits per heavy atom. The van der Waals surface area contributed by atoms with E-state index in [-0.39, 0.29) is 0 Å². The first-order chi connectivity index (χ1) is 33.6. The number of hydrogen-bond donors (Lipinski definition) is 0. The lowest BCUT2D eigenvalue weighted by Gasteiger charge is -2.18. The molecule has 322 valence electrons. The normalized spacial score (nSPS) is 10.9. The number of aromatic nitrogens is 3. The monoisotopic (exact) mass is 871 g/mol. The zero-order valence-electron chi connectivity index (χ0n) is 37.4. The number of aryl methyl sites for hydroxylation is 4. The molecule has 0 atom stereocenters. The van der Waals surface area contributed by atoms with Gasteiger partial charge in [0.25, 0.3) is 0 Å². The molecule has 7 aromatic carbocycles. The van der Waals surface area contributed by atoms with Crippen molar-refractivity contribution < 1.29 is 0 Å². The summed E-state index contributed by atoms with van der Waals surface area (Å²) in [5.74, 6) is 0. The Bertz CT molecular complexity index is 3320. The van der Waals surface area contributed by atoms with Gasteiger partial charge in [-0.1, -0.05) is 152 Å². The molecule has 0 radical (unpaired) electrons. The third-order valence-electron chi connectivity index (χ3n) is 12.6. The average Bonchev–Trinajstić information content (AvgIpc) is 3.42. The van der Waals surface area contributed by atoms with E-state index in [0.717, 1.165) is 91.1 Å². The van der Waals surface area contributed by atoms with Gasteiger partial charge >= 0.3 is 0 Å². The van der Waals surface area contributed by atoms with Crippen LogP contribution in [-0.4, -0.2) is 15.0 Å². The largest absolute Gasteiger partial charge is 0.256 e. The second kappa shape index (κ2) is 20.0. The van der Waals surface area contributed by atoms with Crippen LogP contribution in [0.5, 0.6) is 0 Å². The van der Waals surface area contributed by atoms with Crippen molar-refractivity contribution in [1.29, 1.82) is 10.5 Å². The maximum absolute atomic E-state index is 10.3. The van der Waals surface area contributed by atoms with Crippen molar-refractivity contribution >= 4 is 0 Å². The molecule has 5 heteroatoms. The van der Waals surface area contributed by atoms with Gasteiger partial charge in [0.05, 0.1) is 40.3 Å².